The number of benzene rings is 1. The first-order chi connectivity index (χ1) is 10.7. The average molecular weight is 305 g/mol. The monoisotopic (exact) mass is 305 g/mol. The van der Waals surface area contributed by atoms with Crippen LogP contribution in [-0.2, 0) is 16.0 Å². The predicted molar refractivity (Wildman–Crippen MR) is 85.7 cm³/mol. The van der Waals surface area contributed by atoms with Gasteiger partial charge in [-0.05, 0) is 37.7 Å². The van der Waals surface area contributed by atoms with Gasteiger partial charge < -0.3 is 19.9 Å². The minimum Gasteiger partial charge on any atom is -0.387 e. The van der Waals surface area contributed by atoms with Gasteiger partial charge in [0, 0.05) is 19.2 Å². The fourth-order valence-corrected chi connectivity index (χ4v) is 3.42. The Balaban J connectivity index is 1.45. The highest BCUT2D eigenvalue weighted by Gasteiger charge is 2.35. The van der Waals surface area contributed by atoms with Crippen LogP contribution >= 0.6 is 0 Å². The number of hydrogen-bond acceptors (Lipinski definition) is 4. The van der Waals surface area contributed by atoms with Crippen molar-refractivity contribution in [2.24, 2.45) is 0 Å². The molecule has 4 nitrogen and oxygen atoms in total. The molecule has 122 valence electrons. The van der Waals surface area contributed by atoms with E-state index in [1.54, 1.807) is 0 Å². The SMILES string of the molecule is OC1(COC2CCOC2)CCCC(NCc2ccccc2)C1. The van der Waals surface area contributed by atoms with Gasteiger partial charge in [-0.25, -0.2) is 0 Å². The molecule has 1 aliphatic carbocycles. The van der Waals surface area contributed by atoms with E-state index >= 15 is 0 Å². The molecule has 3 unspecified atom stereocenters. The quantitative estimate of drug-likeness (QED) is 0.846. The normalized spacial score (nSPS) is 32.2. The standard InChI is InChI=1S/C18H27NO3/c20-18(14-22-17-8-10-21-13-17)9-4-7-16(11-18)19-12-15-5-2-1-3-6-15/h1-3,5-6,16-17,19-20H,4,7-14H2. The molecular weight excluding hydrogens is 278 g/mol. The van der Waals surface area contributed by atoms with Gasteiger partial charge in [0.25, 0.3) is 0 Å². The number of nitrogens with one attached hydrogen (secondary N) is 1. The summed E-state index contributed by atoms with van der Waals surface area (Å²) in [5, 5.41) is 14.4. The highest BCUT2D eigenvalue weighted by atomic mass is 16.5. The van der Waals surface area contributed by atoms with E-state index in [0.29, 0.717) is 19.3 Å². The van der Waals surface area contributed by atoms with Crippen LogP contribution in [0.1, 0.15) is 37.7 Å². The molecule has 3 rings (SSSR count). The fraction of sp³-hybridized carbons (Fsp3) is 0.667. The molecule has 22 heavy (non-hydrogen) atoms. The first-order valence-corrected chi connectivity index (χ1v) is 8.43. The van der Waals surface area contributed by atoms with Crippen molar-refractivity contribution >= 4 is 0 Å². The summed E-state index contributed by atoms with van der Waals surface area (Å²) < 4.78 is 11.2. The van der Waals surface area contributed by atoms with Crippen LogP contribution in [-0.4, -0.2) is 42.7 Å². The first-order valence-electron chi connectivity index (χ1n) is 8.43. The highest BCUT2D eigenvalue weighted by molar-refractivity contribution is 5.14. The van der Waals surface area contributed by atoms with Crippen molar-refractivity contribution in [2.75, 3.05) is 19.8 Å². The molecule has 2 N–H and O–H groups in total. The smallest absolute Gasteiger partial charge is 0.0895 e. The third-order valence-electron chi connectivity index (χ3n) is 4.73. The van der Waals surface area contributed by atoms with E-state index in [4.69, 9.17) is 9.47 Å². The molecule has 0 radical (unpaired) electrons. The highest BCUT2D eigenvalue weighted by Crippen LogP contribution is 2.29. The van der Waals surface area contributed by atoms with Gasteiger partial charge in [0.2, 0.25) is 0 Å². The van der Waals surface area contributed by atoms with E-state index < -0.39 is 5.60 Å². The molecule has 3 atom stereocenters. The molecule has 0 aromatic heterocycles. The summed E-state index contributed by atoms with van der Waals surface area (Å²) in [5.41, 5.74) is 0.603. The lowest BCUT2D eigenvalue weighted by Crippen LogP contribution is -2.47. The van der Waals surface area contributed by atoms with Crippen LogP contribution in [0.15, 0.2) is 30.3 Å². The Morgan fingerprint density at radius 2 is 2.14 bits per heavy atom. The number of hydrogen-bond donors (Lipinski definition) is 2. The van der Waals surface area contributed by atoms with Gasteiger partial charge >= 0.3 is 0 Å². The summed E-state index contributed by atoms with van der Waals surface area (Å²) in [6.07, 6.45) is 4.90. The van der Waals surface area contributed by atoms with Crippen LogP contribution in [0.2, 0.25) is 0 Å². The Hall–Kier alpha value is -0.940. The molecule has 0 bridgehead atoms. The van der Waals surface area contributed by atoms with E-state index in [-0.39, 0.29) is 6.10 Å². The van der Waals surface area contributed by atoms with Crippen LogP contribution in [0, 0.1) is 0 Å². The lowest BCUT2D eigenvalue weighted by molar-refractivity contribution is -0.0958. The number of aliphatic hydroxyl groups is 1. The van der Waals surface area contributed by atoms with E-state index in [1.807, 2.05) is 6.07 Å². The number of ether oxygens (including phenoxy) is 2. The molecule has 4 heteroatoms. The maximum atomic E-state index is 10.8. The third-order valence-corrected chi connectivity index (χ3v) is 4.73. The van der Waals surface area contributed by atoms with Gasteiger partial charge in [-0.3, -0.25) is 0 Å². The molecule has 1 saturated carbocycles. The topological polar surface area (TPSA) is 50.7 Å². The van der Waals surface area contributed by atoms with Gasteiger partial charge in [-0.1, -0.05) is 30.3 Å². The molecule has 1 heterocycles. The van der Waals surface area contributed by atoms with Crippen molar-refractivity contribution in [3.05, 3.63) is 35.9 Å². The summed E-state index contributed by atoms with van der Waals surface area (Å²) in [6, 6.07) is 10.8. The largest absolute Gasteiger partial charge is 0.387 e. The molecule has 1 aliphatic heterocycles. The van der Waals surface area contributed by atoms with Crippen LogP contribution in [0.4, 0.5) is 0 Å². The first kappa shape index (κ1) is 15.9. The molecular formula is C18H27NO3. The Morgan fingerprint density at radius 3 is 2.91 bits per heavy atom. The molecule has 1 aromatic carbocycles. The zero-order valence-electron chi connectivity index (χ0n) is 13.2. The molecule has 0 amide bonds. The zero-order valence-corrected chi connectivity index (χ0v) is 13.2. The van der Waals surface area contributed by atoms with Crippen LogP contribution < -0.4 is 5.32 Å². The molecule has 1 saturated heterocycles. The summed E-state index contributed by atoms with van der Waals surface area (Å²) in [6.45, 7) is 2.75. The Labute approximate surface area is 132 Å². The third kappa shape index (κ3) is 4.53. The van der Waals surface area contributed by atoms with Gasteiger partial charge in [0.1, 0.15) is 0 Å². The van der Waals surface area contributed by atoms with Gasteiger partial charge in [-0.2, -0.15) is 0 Å². The van der Waals surface area contributed by atoms with E-state index in [9.17, 15) is 5.11 Å². The minimum absolute atomic E-state index is 0.168. The van der Waals surface area contributed by atoms with Crippen molar-refractivity contribution in [2.45, 2.75) is 56.4 Å². The lowest BCUT2D eigenvalue weighted by atomic mass is 9.82. The zero-order chi connectivity index (χ0) is 15.3. The van der Waals surface area contributed by atoms with Crippen LogP contribution in [0.5, 0.6) is 0 Å². The molecule has 1 aromatic rings. The molecule has 0 spiro atoms. The van der Waals surface area contributed by atoms with Crippen LogP contribution in [0.25, 0.3) is 0 Å². The predicted octanol–water partition coefficient (Wildman–Crippen LogP) is 2.26. The van der Waals surface area contributed by atoms with Crippen LogP contribution in [0.3, 0.4) is 0 Å². The van der Waals surface area contributed by atoms with Gasteiger partial charge in [0.15, 0.2) is 0 Å². The van der Waals surface area contributed by atoms with Crippen molar-refractivity contribution in [3.63, 3.8) is 0 Å². The van der Waals surface area contributed by atoms with Gasteiger partial charge in [-0.15, -0.1) is 0 Å². The van der Waals surface area contributed by atoms with Crippen molar-refractivity contribution < 1.29 is 14.6 Å². The second-order valence-corrected chi connectivity index (χ2v) is 6.68. The van der Waals surface area contributed by atoms with Crippen molar-refractivity contribution in [1.82, 2.24) is 5.32 Å². The van der Waals surface area contributed by atoms with E-state index in [0.717, 1.165) is 45.3 Å². The van der Waals surface area contributed by atoms with E-state index in [2.05, 4.69) is 29.6 Å². The van der Waals surface area contributed by atoms with E-state index in [1.165, 1.54) is 5.56 Å². The second kappa shape index (κ2) is 7.55. The maximum absolute atomic E-state index is 10.8. The van der Waals surface area contributed by atoms with Crippen molar-refractivity contribution in [3.8, 4) is 0 Å². The average Bonchev–Trinajstić information content (AvgIpc) is 3.06. The number of rotatable bonds is 6. The Bertz CT molecular complexity index is 447. The lowest BCUT2D eigenvalue weighted by Gasteiger charge is -2.37. The maximum Gasteiger partial charge on any atom is 0.0895 e. The fourth-order valence-electron chi connectivity index (χ4n) is 3.42. The Kier molecular flexibility index (Phi) is 5.47. The summed E-state index contributed by atoms with van der Waals surface area (Å²) >= 11 is 0. The minimum atomic E-state index is -0.685. The molecule has 2 aliphatic rings. The summed E-state index contributed by atoms with van der Waals surface area (Å²) in [5.74, 6) is 0. The second-order valence-electron chi connectivity index (χ2n) is 6.68. The van der Waals surface area contributed by atoms with Crippen molar-refractivity contribution in [1.29, 1.82) is 0 Å². The summed E-state index contributed by atoms with van der Waals surface area (Å²) in [7, 11) is 0. The summed E-state index contributed by atoms with van der Waals surface area (Å²) in [4.78, 5) is 0. The van der Waals surface area contributed by atoms with Gasteiger partial charge in [0.05, 0.1) is 24.9 Å². The molecule has 2 fully saturated rings. The Morgan fingerprint density at radius 1 is 1.27 bits per heavy atom.